The van der Waals surface area contributed by atoms with E-state index >= 15 is 0 Å². The van der Waals surface area contributed by atoms with E-state index in [9.17, 15) is 9.90 Å². The third-order valence-electron chi connectivity index (χ3n) is 3.80. The average molecular weight is 308 g/mol. The highest BCUT2D eigenvalue weighted by molar-refractivity contribution is 5.87. The van der Waals surface area contributed by atoms with Crippen molar-refractivity contribution in [3.05, 3.63) is 53.5 Å². The average Bonchev–Trinajstić information content (AvgIpc) is 2.81. The number of carbonyl (C=O) groups is 1. The van der Waals surface area contributed by atoms with Crippen molar-refractivity contribution in [3.8, 4) is 11.1 Å². The number of carboxylic acids is 1. The van der Waals surface area contributed by atoms with E-state index in [4.69, 9.17) is 0 Å². The van der Waals surface area contributed by atoms with Gasteiger partial charge in [-0.25, -0.2) is 9.50 Å². The summed E-state index contributed by atoms with van der Waals surface area (Å²) in [5, 5.41) is 16.0. The Balaban J connectivity index is 2.42. The molecule has 0 fully saturated rings. The Bertz CT molecular complexity index is 890. The summed E-state index contributed by atoms with van der Waals surface area (Å²) in [6.45, 7) is 7.95. The van der Waals surface area contributed by atoms with Crippen LogP contribution in [0.15, 0.2) is 36.4 Å². The van der Waals surface area contributed by atoms with Crippen LogP contribution in [0.25, 0.3) is 16.8 Å². The third-order valence-corrected chi connectivity index (χ3v) is 3.80. The molecule has 0 N–H and O–H groups in total. The first-order valence-corrected chi connectivity index (χ1v) is 7.46. The minimum atomic E-state index is -1.28. The van der Waals surface area contributed by atoms with Gasteiger partial charge in [0.2, 0.25) is 0 Å². The van der Waals surface area contributed by atoms with Crippen LogP contribution in [0, 0.1) is 6.92 Å². The molecule has 0 amide bonds. The van der Waals surface area contributed by atoms with Crippen molar-refractivity contribution in [1.29, 1.82) is 0 Å². The van der Waals surface area contributed by atoms with Crippen LogP contribution >= 0.6 is 0 Å². The Hall–Kier alpha value is -2.69. The fourth-order valence-corrected chi connectivity index (χ4v) is 2.70. The fraction of sp³-hybridized carbons (Fsp3) is 0.278. The van der Waals surface area contributed by atoms with Crippen LogP contribution in [0.4, 0.5) is 0 Å². The molecule has 0 saturated carbocycles. The third kappa shape index (κ3) is 2.59. The standard InChI is InChI=1S/C18H19N3O2/c1-11-15(12-8-6-5-7-9-12)16-19-13(17(22)23)10-14(18(2,3)4)21(16)20-11/h5-10H,1-4H3,(H,22,23)/p-1. The largest absolute Gasteiger partial charge is 0.543 e. The number of benzene rings is 1. The molecule has 0 spiro atoms. The number of fused-ring (bicyclic) bond motifs is 1. The molecule has 0 bridgehead atoms. The van der Waals surface area contributed by atoms with Crippen molar-refractivity contribution in [2.24, 2.45) is 0 Å². The molecule has 5 heteroatoms. The molecule has 2 aromatic heterocycles. The van der Waals surface area contributed by atoms with Crippen LogP contribution in [-0.2, 0) is 5.41 Å². The van der Waals surface area contributed by atoms with Crippen LogP contribution in [0.5, 0.6) is 0 Å². The van der Waals surface area contributed by atoms with Crippen molar-refractivity contribution in [2.75, 3.05) is 0 Å². The number of carbonyl (C=O) groups excluding carboxylic acids is 1. The van der Waals surface area contributed by atoms with Gasteiger partial charge in [-0.05, 0) is 18.6 Å². The first-order valence-electron chi connectivity index (χ1n) is 7.46. The molecule has 0 aliphatic carbocycles. The van der Waals surface area contributed by atoms with Crippen molar-refractivity contribution in [2.45, 2.75) is 33.1 Å². The number of aromatic carboxylic acids is 1. The Morgan fingerprint density at radius 2 is 1.83 bits per heavy atom. The summed E-state index contributed by atoms with van der Waals surface area (Å²) in [5.41, 5.74) is 3.59. The second kappa shape index (κ2) is 5.19. The molecule has 0 saturated heterocycles. The zero-order chi connectivity index (χ0) is 16.8. The maximum Gasteiger partial charge on any atom is 0.164 e. The molecule has 0 aliphatic rings. The zero-order valence-corrected chi connectivity index (χ0v) is 13.6. The number of aromatic nitrogens is 3. The zero-order valence-electron chi connectivity index (χ0n) is 13.6. The highest BCUT2D eigenvalue weighted by Gasteiger charge is 2.23. The lowest BCUT2D eigenvalue weighted by atomic mass is 9.91. The van der Waals surface area contributed by atoms with Crippen molar-refractivity contribution < 1.29 is 9.90 Å². The quantitative estimate of drug-likeness (QED) is 0.728. The second-order valence-electron chi connectivity index (χ2n) is 6.63. The maximum absolute atomic E-state index is 11.4. The van der Waals surface area contributed by atoms with Gasteiger partial charge < -0.3 is 9.90 Å². The summed E-state index contributed by atoms with van der Waals surface area (Å²) in [4.78, 5) is 15.7. The van der Waals surface area contributed by atoms with Crippen molar-refractivity contribution in [1.82, 2.24) is 14.6 Å². The molecule has 3 aromatic rings. The molecule has 1 aromatic carbocycles. The Labute approximate surface area is 134 Å². The van der Waals surface area contributed by atoms with Crippen LogP contribution < -0.4 is 5.11 Å². The predicted molar refractivity (Wildman–Crippen MR) is 86.2 cm³/mol. The van der Waals surface area contributed by atoms with Crippen molar-refractivity contribution in [3.63, 3.8) is 0 Å². The van der Waals surface area contributed by atoms with Crippen LogP contribution in [0.2, 0.25) is 0 Å². The van der Waals surface area contributed by atoms with Crippen LogP contribution in [0.3, 0.4) is 0 Å². The van der Waals surface area contributed by atoms with E-state index < -0.39 is 5.97 Å². The van der Waals surface area contributed by atoms with Gasteiger partial charge in [-0.1, -0.05) is 51.1 Å². The molecule has 0 aliphatic heterocycles. The summed E-state index contributed by atoms with van der Waals surface area (Å²) in [5.74, 6) is -1.28. The highest BCUT2D eigenvalue weighted by Crippen LogP contribution is 2.31. The topological polar surface area (TPSA) is 70.3 Å². The highest BCUT2D eigenvalue weighted by atomic mass is 16.4. The minimum Gasteiger partial charge on any atom is -0.543 e. The number of hydrogen-bond acceptors (Lipinski definition) is 4. The lowest BCUT2D eigenvalue weighted by molar-refractivity contribution is -0.255. The van der Waals surface area contributed by atoms with Gasteiger partial charge in [0.1, 0.15) is 0 Å². The van der Waals surface area contributed by atoms with Gasteiger partial charge in [0.05, 0.1) is 23.1 Å². The molecule has 0 unspecified atom stereocenters. The molecule has 23 heavy (non-hydrogen) atoms. The number of hydrogen-bond donors (Lipinski definition) is 0. The van der Waals surface area contributed by atoms with E-state index in [1.54, 1.807) is 10.6 Å². The molecule has 5 nitrogen and oxygen atoms in total. The summed E-state index contributed by atoms with van der Waals surface area (Å²) in [7, 11) is 0. The smallest absolute Gasteiger partial charge is 0.164 e. The normalized spacial score (nSPS) is 11.8. The van der Waals surface area contributed by atoms with E-state index in [0.717, 1.165) is 22.5 Å². The van der Waals surface area contributed by atoms with E-state index in [1.165, 1.54) is 0 Å². The minimum absolute atomic E-state index is 0.0699. The number of rotatable bonds is 2. The van der Waals surface area contributed by atoms with Gasteiger partial charge in [0.25, 0.3) is 0 Å². The van der Waals surface area contributed by atoms with E-state index in [1.807, 2.05) is 58.0 Å². The van der Waals surface area contributed by atoms with Gasteiger partial charge in [0.15, 0.2) is 5.65 Å². The van der Waals surface area contributed by atoms with Gasteiger partial charge in [0, 0.05) is 11.0 Å². The summed E-state index contributed by atoms with van der Waals surface area (Å²) < 4.78 is 1.74. The molecule has 118 valence electrons. The van der Waals surface area contributed by atoms with Crippen molar-refractivity contribution >= 4 is 11.6 Å². The Morgan fingerprint density at radius 3 is 2.39 bits per heavy atom. The molecule has 0 radical (unpaired) electrons. The summed E-state index contributed by atoms with van der Waals surface area (Å²) in [6, 6.07) is 11.3. The lowest BCUT2D eigenvalue weighted by Crippen LogP contribution is -2.26. The number of nitrogens with zero attached hydrogens (tertiary/aromatic N) is 3. The second-order valence-corrected chi connectivity index (χ2v) is 6.63. The first kappa shape index (κ1) is 15.2. The Morgan fingerprint density at radius 1 is 1.17 bits per heavy atom. The van der Waals surface area contributed by atoms with Gasteiger partial charge in [-0.3, -0.25) is 0 Å². The van der Waals surface area contributed by atoms with E-state index in [2.05, 4.69) is 10.1 Å². The summed E-state index contributed by atoms with van der Waals surface area (Å²) >= 11 is 0. The lowest BCUT2D eigenvalue weighted by Gasteiger charge is -2.21. The van der Waals surface area contributed by atoms with Crippen LogP contribution in [0.1, 0.15) is 42.6 Å². The number of aryl methyl sites for hydroxylation is 1. The van der Waals surface area contributed by atoms with Crippen LogP contribution in [-0.4, -0.2) is 20.6 Å². The maximum atomic E-state index is 11.4. The predicted octanol–water partition coefficient (Wildman–Crippen LogP) is 2.37. The van der Waals surface area contributed by atoms with Gasteiger partial charge in [-0.15, -0.1) is 0 Å². The van der Waals surface area contributed by atoms with E-state index in [0.29, 0.717) is 5.65 Å². The van der Waals surface area contributed by atoms with Gasteiger partial charge >= 0.3 is 0 Å². The SMILES string of the molecule is Cc1nn2c(C(C)(C)C)cc(C(=O)[O-])nc2c1-c1ccccc1. The Kier molecular flexibility index (Phi) is 3.43. The molecular weight excluding hydrogens is 290 g/mol. The molecular formula is C18H18N3O2-. The first-order chi connectivity index (χ1) is 10.8. The summed E-state index contributed by atoms with van der Waals surface area (Å²) in [6.07, 6.45) is 0. The number of carboxylic acid groups (broad SMARTS) is 1. The van der Waals surface area contributed by atoms with Gasteiger partial charge in [-0.2, -0.15) is 5.10 Å². The molecule has 2 heterocycles. The fourth-order valence-electron chi connectivity index (χ4n) is 2.70. The monoisotopic (exact) mass is 308 g/mol. The molecule has 0 atom stereocenters. The van der Waals surface area contributed by atoms with E-state index in [-0.39, 0.29) is 11.1 Å². The molecule has 3 rings (SSSR count).